The zero-order chi connectivity index (χ0) is 21.9. The third-order valence-corrected chi connectivity index (χ3v) is 6.27. The van der Waals surface area contributed by atoms with Gasteiger partial charge in [0.2, 0.25) is 0 Å². The second-order valence-electron chi connectivity index (χ2n) is 7.99. The van der Waals surface area contributed by atoms with E-state index in [9.17, 15) is 9.59 Å². The van der Waals surface area contributed by atoms with Crippen molar-refractivity contribution >= 4 is 22.5 Å². The number of halogens is 1. The Morgan fingerprint density at radius 2 is 1.77 bits per heavy atom. The lowest BCUT2D eigenvalue weighted by Gasteiger charge is -2.27. The summed E-state index contributed by atoms with van der Waals surface area (Å²) in [5, 5.41) is 1.18. The van der Waals surface area contributed by atoms with Crippen LogP contribution < -0.4 is 11.2 Å². The summed E-state index contributed by atoms with van der Waals surface area (Å²) in [6.45, 7) is 3.11. The van der Waals surface area contributed by atoms with E-state index < -0.39 is 6.10 Å². The second kappa shape index (κ2) is 7.25. The van der Waals surface area contributed by atoms with Crippen LogP contribution in [0, 0.1) is 6.92 Å². The maximum Gasteiger partial charge on any atom is 0.331 e. The van der Waals surface area contributed by atoms with Gasteiger partial charge in [0.15, 0.2) is 0 Å². The van der Waals surface area contributed by atoms with Crippen molar-refractivity contribution in [3.8, 4) is 11.3 Å². The number of fused-ring (bicyclic) bond motifs is 3. The molecule has 1 atom stereocenters. The molecule has 1 unspecified atom stereocenters. The van der Waals surface area contributed by atoms with Gasteiger partial charge in [0.05, 0.1) is 28.9 Å². The number of nitrogens with zero attached hydrogens (tertiary/aromatic N) is 3. The summed E-state index contributed by atoms with van der Waals surface area (Å²) < 4.78 is 11.1. The molecule has 0 saturated heterocycles. The third kappa shape index (κ3) is 2.98. The van der Waals surface area contributed by atoms with Gasteiger partial charge in [-0.25, -0.2) is 4.79 Å². The third-order valence-electron chi connectivity index (χ3n) is 6.02. The number of aromatic nitrogens is 3. The normalized spacial score (nSPS) is 15.9. The quantitative estimate of drug-likeness (QED) is 0.481. The van der Waals surface area contributed by atoms with Crippen molar-refractivity contribution in [2.24, 2.45) is 14.1 Å². The minimum Gasteiger partial charge on any atom is -0.365 e. The van der Waals surface area contributed by atoms with Gasteiger partial charge in [0, 0.05) is 25.7 Å². The molecule has 5 rings (SSSR count). The number of rotatable bonds is 2. The summed E-state index contributed by atoms with van der Waals surface area (Å²) in [5.41, 5.74) is 4.57. The van der Waals surface area contributed by atoms with Crippen LogP contribution in [0.25, 0.3) is 22.2 Å². The van der Waals surface area contributed by atoms with Crippen molar-refractivity contribution in [1.29, 1.82) is 0 Å². The summed E-state index contributed by atoms with van der Waals surface area (Å²) in [6, 6.07) is 15.6. The molecule has 7 heteroatoms. The maximum absolute atomic E-state index is 13.4. The van der Waals surface area contributed by atoms with Crippen LogP contribution in [0.1, 0.15) is 22.9 Å². The SMILES string of the molecule is Cc1cccc(-c2c3c(=O)n(C)c(=O)n(C)c3c3n2CCOC3c2ccc(Cl)cc2)c1. The van der Waals surface area contributed by atoms with Crippen LogP contribution in [0.2, 0.25) is 5.02 Å². The van der Waals surface area contributed by atoms with E-state index in [1.165, 1.54) is 11.6 Å². The molecule has 0 N–H and O–H groups in total. The fraction of sp³-hybridized carbons (Fsp3) is 0.250. The van der Waals surface area contributed by atoms with Crippen molar-refractivity contribution in [3.63, 3.8) is 0 Å². The monoisotopic (exact) mass is 435 g/mol. The van der Waals surface area contributed by atoms with Gasteiger partial charge in [0.1, 0.15) is 6.10 Å². The van der Waals surface area contributed by atoms with Crippen LogP contribution in [-0.4, -0.2) is 20.3 Å². The molecule has 2 aromatic heterocycles. The molecule has 0 spiro atoms. The molecule has 31 heavy (non-hydrogen) atoms. The van der Waals surface area contributed by atoms with E-state index in [4.69, 9.17) is 16.3 Å². The highest BCUT2D eigenvalue weighted by atomic mass is 35.5. The van der Waals surface area contributed by atoms with Crippen LogP contribution >= 0.6 is 11.6 Å². The molecule has 1 aliphatic heterocycles. The van der Waals surface area contributed by atoms with Crippen molar-refractivity contribution in [3.05, 3.63) is 91.2 Å². The fourth-order valence-corrected chi connectivity index (χ4v) is 4.69. The summed E-state index contributed by atoms with van der Waals surface area (Å²) in [5.74, 6) is 0. The summed E-state index contributed by atoms with van der Waals surface area (Å²) in [6.07, 6.45) is -0.412. The van der Waals surface area contributed by atoms with Gasteiger partial charge in [0.25, 0.3) is 5.56 Å². The first kappa shape index (κ1) is 19.8. The van der Waals surface area contributed by atoms with Crippen molar-refractivity contribution in [1.82, 2.24) is 13.7 Å². The lowest BCUT2D eigenvalue weighted by atomic mass is 10.0. The number of aryl methyl sites for hydroxylation is 2. The number of benzene rings is 2. The lowest BCUT2D eigenvalue weighted by Crippen LogP contribution is -2.37. The molecular formula is C24H22ClN3O3. The molecule has 0 bridgehead atoms. The van der Waals surface area contributed by atoms with Crippen molar-refractivity contribution in [2.75, 3.05) is 6.61 Å². The Balaban J connectivity index is 1.94. The van der Waals surface area contributed by atoms with Crippen LogP contribution in [-0.2, 0) is 25.4 Å². The van der Waals surface area contributed by atoms with Gasteiger partial charge in [-0.15, -0.1) is 0 Å². The van der Waals surface area contributed by atoms with E-state index in [2.05, 4.69) is 10.6 Å². The van der Waals surface area contributed by atoms with Gasteiger partial charge >= 0.3 is 5.69 Å². The highest BCUT2D eigenvalue weighted by Gasteiger charge is 2.33. The zero-order valence-electron chi connectivity index (χ0n) is 17.6. The van der Waals surface area contributed by atoms with E-state index in [0.29, 0.717) is 29.1 Å². The minimum absolute atomic E-state index is 0.300. The Bertz CT molecular complexity index is 1440. The Morgan fingerprint density at radius 1 is 1.03 bits per heavy atom. The van der Waals surface area contributed by atoms with E-state index in [0.717, 1.165) is 28.1 Å². The molecule has 6 nitrogen and oxygen atoms in total. The minimum atomic E-state index is -0.412. The Labute approximate surface area is 183 Å². The highest BCUT2D eigenvalue weighted by Crippen LogP contribution is 2.40. The van der Waals surface area contributed by atoms with Crippen LogP contribution in [0.15, 0.2) is 58.1 Å². The van der Waals surface area contributed by atoms with Crippen molar-refractivity contribution < 1.29 is 4.74 Å². The van der Waals surface area contributed by atoms with Crippen LogP contribution in [0.5, 0.6) is 0 Å². The molecule has 1 aliphatic rings. The van der Waals surface area contributed by atoms with Gasteiger partial charge < -0.3 is 9.30 Å². The first-order valence-electron chi connectivity index (χ1n) is 10.1. The van der Waals surface area contributed by atoms with Crippen molar-refractivity contribution in [2.45, 2.75) is 19.6 Å². The van der Waals surface area contributed by atoms with Gasteiger partial charge in [-0.1, -0.05) is 47.5 Å². The summed E-state index contributed by atoms with van der Waals surface area (Å²) in [4.78, 5) is 26.2. The lowest BCUT2D eigenvalue weighted by molar-refractivity contribution is 0.0478. The first-order valence-corrected chi connectivity index (χ1v) is 10.5. The fourth-order valence-electron chi connectivity index (χ4n) is 4.56. The topological polar surface area (TPSA) is 58.2 Å². The highest BCUT2D eigenvalue weighted by molar-refractivity contribution is 6.30. The smallest absolute Gasteiger partial charge is 0.331 e. The largest absolute Gasteiger partial charge is 0.365 e. The Morgan fingerprint density at radius 3 is 2.48 bits per heavy atom. The van der Waals surface area contributed by atoms with E-state index in [1.807, 2.05) is 49.4 Å². The molecule has 0 fully saturated rings. The molecule has 0 radical (unpaired) electrons. The van der Waals surface area contributed by atoms with Crippen LogP contribution in [0.3, 0.4) is 0 Å². The zero-order valence-corrected chi connectivity index (χ0v) is 18.3. The molecule has 0 saturated carbocycles. The molecule has 4 aromatic rings. The molecule has 0 aliphatic carbocycles. The average molecular weight is 436 g/mol. The Hall–Kier alpha value is -3.09. The molecule has 158 valence electrons. The predicted molar refractivity (Wildman–Crippen MR) is 122 cm³/mol. The maximum atomic E-state index is 13.4. The van der Waals surface area contributed by atoms with Gasteiger partial charge in [-0.3, -0.25) is 13.9 Å². The first-order chi connectivity index (χ1) is 14.9. The van der Waals surface area contributed by atoms with E-state index >= 15 is 0 Å². The number of ether oxygens (including phenoxy) is 1. The van der Waals surface area contributed by atoms with Gasteiger partial charge in [-0.05, 0) is 36.2 Å². The van der Waals surface area contributed by atoms with E-state index in [1.54, 1.807) is 11.6 Å². The standard InChI is InChI=1S/C24H22ClN3O3/c1-14-5-4-6-16(13-14)19-18-20(26(2)24(30)27(3)23(18)29)21-22(31-12-11-28(19)21)15-7-9-17(25)10-8-15/h4-10,13,22H,11-12H2,1-3H3. The average Bonchev–Trinajstić information content (AvgIpc) is 3.12. The molecule has 0 amide bonds. The molecule has 3 heterocycles. The molecule has 2 aromatic carbocycles. The molecular weight excluding hydrogens is 414 g/mol. The summed E-state index contributed by atoms with van der Waals surface area (Å²) in [7, 11) is 3.23. The number of hydrogen-bond donors (Lipinski definition) is 0. The summed E-state index contributed by atoms with van der Waals surface area (Å²) >= 11 is 6.09. The number of hydrogen-bond acceptors (Lipinski definition) is 3. The Kier molecular flexibility index (Phi) is 4.64. The van der Waals surface area contributed by atoms with E-state index in [-0.39, 0.29) is 11.2 Å². The van der Waals surface area contributed by atoms with Gasteiger partial charge in [-0.2, -0.15) is 0 Å². The predicted octanol–water partition coefficient (Wildman–Crippen LogP) is 3.79. The van der Waals surface area contributed by atoms with Crippen LogP contribution in [0.4, 0.5) is 0 Å². The second-order valence-corrected chi connectivity index (χ2v) is 8.42.